The van der Waals surface area contributed by atoms with E-state index in [1.807, 2.05) is 17.0 Å². The van der Waals surface area contributed by atoms with Gasteiger partial charge in [0.15, 0.2) is 0 Å². The Hall–Kier alpha value is -1.11. The summed E-state index contributed by atoms with van der Waals surface area (Å²) in [6.07, 6.45) is 3.97. The van der Waals surface area contributed by atoms with Gasteiger partial charge in [-0.1, -0.05) is 6.42 Å². The van der Waals surface area contributed by atoms with E-state index in [0.29, 0.717) is 19.4 Å². The number of benzene rings is 1. The van der Waals surface area contributed by atoms with Crippen LogP contribution in [0.15, 0.2) is 18.2 Å². The summed E-state index contributed by atoms with van der Waals surface area (Å²) in [5.74, 6) is -0.573. The van der Waals surface area contributed by atoms with Crippen molar-refractivity contribution in [2.75, 3.05) is 11.4 Å². The third-order valence-electron chi connectivity index (χ3n) is 3.51. The molecule has 0 saturated heterocycles. The smallest absolute Gasteiger partial charge is 0.303 e. The molecule has 0 aliphatic carbocycles. The minimum absolute atomic E-state index is 0.178. The van der Waals surface area contributed by atoms with Crippen molar-refractivity contribution in [3.05, 3.63) is 27.3 Å². The van der Waals surface area contributed by atoms with Gasteiger partial charge in [0.05, 0.1) is 0 Å². The molecule has 1 amide bonds. The maximum absolute atomic E-state index is 12.0. The first kappa shape index (κ1) is 15.3. The lowest BCUT2D eigenvalue weighted by Gasteiger charge is -2.29. The highest BCUT2D eigenvalue weighted by Crippen LogP contribution is 2.29. The number of rotatable bonds is 6. The van der Waals surface area contributed by atoms with Gasteiger partial charge in [0.25, 0.3) is 0 Å². The molecule has 0 bridgehead atoms. The number of carbonyl (C=O) groups excluding carboxylic acids is 1. The number of halogens is 1. The summed E-state index contributed by atoms with van der Waals surface area (Å²) >= 11 is 2.28. The van der Waals surface area contributed by atoms with E-state index in [1.165, 1.54) is 9.13 Å². The molecule has 0 atom stereocenters. The van der Waals surface area contributed by atoms with Crippen LogP contribution >= 0.6 is 22.6 Å². The van der Waals surface area contributed by atoms with Crippen LogP contribution < -0.4 is 4.90 Å². The highest BCUT2D eigenvalue weighted by Gasteiger charge is 2.23. The van der Waals surface area contributed by atoms with E-state index in [-0.39, 0.29) is 12.3 Å². The highest BCUT2D eigenvalue weighted by atomic mass is 127. The van der Waals surface area contributed by atoms with Crippen LogP contribution in [-0.4, -0.2) is 23.5 Å². The molecular formula is C15H18INO3. The second-order valence-corrected chi connectivity index (χ2v) is 6.27. The van der Waals surface area contributed by atoms with Gasteiger partial charge in [0.1, 0.15) is 0 Å². The summed E-state index contributed by atoms with van der Waals surface area (Å²) in [6.45, 7) is 0.687. The summed E-state index contributed by atoms with van der Waals surface area (Å²) in [7, 11) is 0. The largest absolute Gasteiger partial charge is 0.481 e. The number of amides is 1. The molecular weight excluding hydrogens is 369 g/mol. The Morgan fingerprint density at radius 2 is 2.05 bits per heavy atom. The monoisotopic (exact) mass is 387 g/mol. The SMILES string of the molecule is O=C(O)CCCCCN1C(=O)CCc2cc(I)ccc21. The average Bonchev–Trinajstić information content (AvgIpc) is 2.40. The molecule has 1 aromatic rings. The van der Waals surface area contributed by atoms with Gasteiger partial charge < -0.3 is 10.0 Å². The van der Waals surface area contributed by atoms with Gasteiger partial charge in [-0.15, -0.1) is 0 Å². The van der Waals surface area contributed by atoms with Crippen LogP contribution in [0.4, 0.5) is 5.69 Å². The number of hydrogen-bond donors (Lipinski definition) is 1. The summed E-state index contributed by atoms with van der Waals surface area (Å²) in [6, 6.07) is 6.18. The number of carboxylic acid groups (broad SMARTS) is 1. The van der Waals surface area contributed by atoms with Crippen molar-refractivity contribution in [1.82, 2.24) is 0 Å². The first-order valence-corrected chi connectivity index (χ1v) is 7.96. The van der Waals surface area contributed by atoms with E-state index in [4.69, 9.17) is 5.11 Å². The molecule has 0 fully saturated rings. The summed E-state index contributed by atoms with van der Waals surface area (Å²) < 4.78 is 1.19. The quantitative estimate of drug-likeness (QED) is 0.603. The zero-order valence-corrected chi connectivity index (χ0v) is 13.4. The van der Waals surface area contributed by atoms with Crippen LogP contribution in [0.25, 0.3) is 0 Å². The van der Waals surface area contributed by atoms with E-state index >= 15 is 0 Å². The van der Waals surface area contributed by atoms with E-state index in [9.17, 15) is 9.59 Å². The van der Waals surface area contributed by atoms with E-state index in [2.05, 4.69) is 28.7 Å². The lowest BCUT2D eigenvalue weighted by atomic mass is 10.0. The second-order valence-electron chi connectivity index (χ2n) is 5.02. The van der Waals surface area contributed by atoms with Crippen molar-refractivity contribution in [3.8, 4) is 0 Å². The molecule has 1 aromatic carbocycles. The molecule has 2 rings (SSSR count). The van der Waals surface area contributed by atoms with Crippen LogP contribution in [0.5, 0.6) is 0 Å². The third-order valence-corrected chi connectivity index (χ3v) is 4.18. The number of nitrogens with zero attached hydrogens (tertiary/aromatic N) is 1. The maximum atomic E-state index is 12.0. The molecule has 5 heteroatoms. The molecule has 108 valence electrons. The first-order chi connectivity index (χ1) is 9.58. The van der Waals surface area contributed by atoms with Crippen molar-refractivity contribution >= 4 is 40.2 Å². The van der Waals surface area contributed by atoms with Gasteiger partial charge in [0, 0.05) is 28.6 Å². The molecule has 0 radical (unpaired) electrons. The van der Waals surface area contributed by atoms with Gasteiger partial charge >= 0.3 is 5.97 Å². The molecule has 1 aliphatic rings. The summed E-state index contributed by atoms with van der Waals surface area (Å²) in [5, 5.41) is 8.59. The number of carboxylic acids is 1. The summed E-state index contributed by atoms with van der Waals surface area (Å²) in [4.78, 5) is 24.3. The Labute approximate surface area is 132 Å². The Morgan fingerprint density at radius 3 is 2.80 bits per heavy atom. The van der Waals surface area contributed by atoms with Crippen molar-refractivity contribution < 1.29 is 14.7 Å². The fourth-order valence-corrected chi connectivity index (χ4v) is 3.05. The molecule has 4 nitrogen and oxygen atoms in total. The number of aryl methyl sites for hydroxylation is 1. The normalized spacial score (nSPS) is 14.2. The third kappa shape index (κ3) is 3.94. The highest BCUT2D eigenvalue weighted by molar-refractivity contribution is 14.1. The van der Waals surface area contributed by atoms with E-state index in [0.717, 1.165) is 24.9 Å². The average molecular weight is 387 g/mol. The van der Waals surface area contributed by atoms with Gasteiger partial charge in [-0.2, -0.15) is 0 Å². The lowest BCUT2D eigenvalue weighted by molar-refractivity contribution is -0.137. The fourth-order valence-electron chi connectivity index (χ4n) is 2.50. The van der Waals surface area contributed by atoms with Crippen LogP contribution in [-0.2, 0) is 16.0 Å². The minimum Gasteiger partial charge on any atom is -0.481 e. The van der Waals surface area contributed by atoms with Crippen LogP contribution in [0.3, 0.4) is 0 Å². The zero-order chi connectivity index (χ0) is 14.5. The lowest BCUT2D eigenvalue weighted by Crippen LogP contribution is -2.35. The standard InChI is InChI=1S/C15H18INO3/c16-12-6-7-13-11(10-12)5-8-14(18)17(13)9-3-1-2-4-15(19)20/h6-7,10H,1-5,8-9H2,(H,19,20). The van der Waals surface area contributed by atoms with Crippen LogP contribution in [0.1, 0.15) is 37.7 Å². The van der Waals surface area contributed by atoms with Gasteiger partial charge in [0.2, 0.25) is 5.91 Å². The Kier molecular flexibility index (Phi) is 5.39. The number of fused-ring (bicyclic) bond motifs is 1. The van der Waals surface area contributed by atoms with Crippen LogP contribution in [0.2, 0.25) is 0 Å². The van der Waals surface area contributed by atoms with E-state index in [1.54, 1.807) is 0 Å². The second kappa shape index (κ2) is 7.06. The van der Waals surface area contributed by atoms with Gasteiger partial charge in [-0.3, -0.25) is 9.59 Å². The maximum Gasteiger partial charge on any atom is 0.303 e. The van der Waals surface area contributed by atoms with Crippen molar-refractivity contribution in [2.45, 2.75) is 38.5 Å². The molecule has 0 unspecified atom stereocenters. The fraction of sp³-hybridized carbons (Fsp3) is 0.467. The topological polar surface area (TPSA) is 57.6 Å². The molecule has 20 heavy (non-hydrogen) atoms. The molecule has 0 spiro atoms. The predicted octanol–water partition coefficient (Wildman–Crippen LogP) is 3.22. The molecule has 0 saturated carbocycles. The Bertz CT molecular complexity index is 516. The molecule has 1 heterocycles. The number of unbranched alkanes of at least 4 members (excludes halogenated alkanes) is 2. The number of anilines is 1. The number of hydrogen-bond acceptors (Lipinski definition) is 2. The van der Waals surface area contributed by atoms with Crippen molar-refractivity contribution in [1.29, 1.82) is 0 Å². The zero-order valence-electron chi connectivity index (χ0n) is 11.3. The number of aliphatic carboxylic acids is 1. The minimum atomic E-state index is -0.751. The molecule has 1 aliphatic heterocycles. The Morgan fingerprint density at radius 1 is 1.25 bits per heavy atom. The van der Waals surface area contributed by atoms with Gasteiger partial charge in [-0.05, 0) is 65.6 Å². The number of carbonyl (C=O) groups is 2. The Balaban J connectivity index is 1.94. The van der Waals surface area contributed by atoms with Crippen molar-refractivity contribution in [3.63, 3.8) is 0 Å². The first-order valence-electron chi connectivity index (χ1n) is 6.88. The van der Waals surface area contributed by atoms with Gasteiger partial charge in [-0.25, -0.2) is 0 Å². The predicted molar refractivity (Wildman–Crippen MR) is 85.9 cm³/mol. The molecule has 0 aromatic heterocycles. The summed E-state index contributed by atoms with van der Waals surface area (Å²) in [5.41, 5.74) is 2.27. The van der Waals surface area contributed by atoms with E-state index < -0.39 is 5.97 Å². The molecule has 1 N–H and O–H groups in total. The van der Waals surface area contributed by atoms with Crippen LogP contribution in [0, 0.1) is 3.57 Å². The van der Waals surface area contributed by atoms with Crippen molar-refractivity contribution in [2.24, 2.45) is 0 Å².